The second-order valence-electron chi connectivity index (χ2n) is 9.34. The first kappa shape index (κ1) is 32.2. The van der Waals surface area contributed by atoms with E-state index in [9.17, 15) is 29.3 Å². The van der Waals surface area contributed by atoms with Crippen LogP contribution in [-0.4, -0.2) is 41.0 Å². The summed E-state index contributed by atoms with van der Waals surface area (Å²) >= 11 is 1.29. The number of amides is 3. The van der Waals surface area contributed by atoms with Gasteiger partial charge in [-0.15, -0.1) is 11.8 Å². The van der Waals surface area contributed by atoms with Crippen molar-refractivity contribution in [3.63, 3.8) is 0 Å². The number of non-ortho nitro benzene ring substituents is 1. The highest BCUT2D eigenvalue weighted by Crippen LogP contribution is 2.22. The number of rotatable bonds is 12. The molecule has 0 radical (unpaired) electrons. The fourth-order valence-electron chi connectivity index (χ4n) is 3.88. The topological polar surface area (TPSA) is 157 Å². The highest BCUT2D eigenvalue weighted by molar-refractivity contribution is 8.00. The molecule has 0 aliphatic heterocycles. The number of carbonyl (C=O) groups excluding carboxylic acids is 4. The molecule has 0 fully saturated rings. The van der Waals surface area contributed by atoms with Gasteiger partial charge in [-0.05, 0) is 91.4 Å². The number of nitrogens with zero attached hydrogens (tertiary/aromatic N) is 1. The van der Waals surface area contributed by atoms with Crippen molar-refractivity contribution in [2.45, 2.75) is 11.8 Å². The SMILES string of the molecule is CCOC(=O)c1ccc(NC(=O)CSc2ccc(NC(=O)/C(=C/c3ccc([N+](=O)[O-])cc3)NC(=O)c3ccccc3)cc2)cc1. The lowest BCUT2D eigenvalue weighted by atomic mass is 10.1. The van der Waals surface area contributed by atoms with E-state index >= 15 is 0 Å². The summed E-state index contributed by atoms with van der Waals surface area (Å²) in [7, 11) is 0. The van der Waals surface area contributed by atoms with Crippen LogP contribution in [0.4, 0.5) is 17.1 Å². The Bertz CT molecular complexity index is 1710. The van der Waals surface area contributed by atoms with Gasteiger partial charge >= 0.3 is 5.97 Å². The van der Waals surface area contributed by atoms with E-state index in [4.69, 9.17) is 4.74 Å². The standard InChI is InChI=1S/C33H28N4O7S/c1-2-44-33(41)24-10-12-25(13-11-24)34-30(38)21-45-28-18-14-26(15-19-28)35-32(40)29(36-31(39)23-6-4-3-5-7-23)20-22-8-16-27(17-9-22)37(42)43/h3-20H,2,21H2,1H3,(H,34,38)(H,35,40)(H,36,39)/b29-20-. The van der Waals surface area contributed by atoms with Crippen molar-refractivity contribution in [2.24, 2.45) is 0 Å². The third-order valence-corrected chi connectivity index (χ3v) is 7.12. The third kappa shape index (κ3) is 9.63. The van der Waals surface area contributed by atoms with E-state index in [0.717, 1.165) is 4.90 Å². The van der Waals surface area contributed by atoms with Crippen LogP contribution in [0.2, 0.25) is 0 Å². The fraction of sp³-hybridized carbons (Fsp3) is 0.0909. The van der Waals surface area contributed by atoms with Crippen molar-refractivity contribution < 1.29 is 28.8 Å². The van der Waals surface area contributed by atoms with E-state index in [0.29, 0.717) is 28.1 Å². The molecule has 45 heavy (non-hydrogen) atoms. The van der Waals surface area contributed by atoms with E-state index in [-0.39, 0.29) is 29.7 Å². The number of esters is 1. The molecular weight excluding hydrogens is 596 g/mol. The molecule has 4 aromatic rings. The Morgan fingerprint density at radius 2 is 1.42 bits per heavy atom. The Hall–Kier alpha value is -5.75. The number of nitrogens with one attached hydrogen (secondary N) is 3. The summed E-state index contributed by atoms with van der Waals surface area (Å²) < 4.78 is 4.95. The second kappa shape index (κ2) is 15.6. The summed E-state index contributed by atoms with van der Waals surface area (Å²) in [6, 6.07) is 27.1. The molecule has 0 atom stereocenters. The van der Waals surface area contributed by atoms with E-state index in [1.54, 1.807) is 85.8 Å². The summed E-state index contributed by atoms with van der Waals surface area (Å²) in [5.74, 6) is -1.65. The third-order valence-electron chi connectivity index (χ3n) is 6.11. The van der Waals surface area contributed by atoms with Crippen LogP contribution in [-0.2, 0) is 14.3 Å². The van der Waals surface area contributed by atoms with Gasteiger partial charge in [0, 0.05) is 34.0 Å². The molecular formula is C33H28N4O7S. The number of carbonyl (C=O) groups is 4. The minimum absolute atomic E-state index is 0.0666. The maximum Gasteiger partial charge on any atom is 0.338 e. The average Bonchev–Trinajstić information content (AvgIpc) is 3.05. The van der Waals surface area contributed by atoms with Crippen LogP contribution in [0.3, 0.4) is 0 Å². The predicted octanol–water partition coefficient (Wildman–Crippen LogP) is 5.91. The molecule has 0 bridgehead atoms. The number of anilines is 2. The molecule has 0 saturated carbocycles. The first-order chi connectivity index (χ1) is 21.7. The molecule has 0 aliphatic rings. The van der Waals surface area contributed by atoms with Crippen LogP contribution < -0.4 is 16.0 Å². The number of thioether (sulfide) groups is 1. The Kier molecular flexibility index (Phi) is 11.2. The molecule has 0 aliphatic carbocycles. The van der Waals surface area contributed by atoms with Crippen molar-refractivity contribution in [1.82, 2.24) is 5.32 Å². The molecule has 3 N–H and O–H groups in total. The molecule has 0 unspecified atom stereocenters. The summed E-state index contributed by atoms with van der Waals surface area (Å²) in [4.78, 5) is 61.5. The van der Waals surface area contributed by atoms with Gasteiger partial charge in [0.25, 0.3) is 17.5 Å². The van der Waals surface area contributed by atoms with Crippen LogP contribution in [0.5, 0.6) is 0 Å². The van der Waals surface area contributed by atoms with Gasteiger partial charge in [0.05, 0.1) is 22.8 Å². The largest absolute Gasteiger partial charge is 0.462 e. The number of benzene rings is 4. The molecule has 228 valence electrons. The molecule has 0 spiro atoms. The number of hydrogen-bond acceptors (Lipinski definition) is 8. The average molecular weight is 625 g/mol. The van der Waals surface area contributed by atoms with Crippen LogP contribution >= 0.6 is 11.8 Å². The predicted molar refractivity (Wildman–Crippen MR) is 172 cm³/mol. The van der Waals surface area contributed by atoms with Crippen molar-refractivity contribution in [3.05, 3.63) is 136 Å². The molecule has 11 nitrogen and oxygen atoms in total. The quantitative estimate of drug-likeness (QED) is 0.0577. The smallest absolute Gasteiger partial charge is 0.338 e. The highest BCUT2D eigenvalue weighted by atomic mass is 32.2. The zero-order valence-corrected chi connectivity index (χ0v) is 24.8. The molecule has 4 rings (SSSR count). The number of hydrogen-bond donors (Lipinski definition) is 3. The molecule has 4 aromatic carbocycles. The molecule has 3 amide bonds. The molecule has 0 saturated heterocycles. The van der Waals surface area contributed by atoms with Crippen molar-refractivity contribution in [3.8, 4) is 0 Å². The summed E-state index contributed by atoms with van der Waals surface area (Å²) in [6.07, 6.45) is 1.42. The number of nitro groups is 1. The van der Waals surface area contributed by atoms with Crippen LogP contribution in [0.1, 0.15) is 33.2 Å². The van der Waals surface area contributed by atoms with Crippen LogP contribution in [0.25, 0.3) is 6.08 Å². The van der Waals surface area contributed by atoms with Gasteiger partial charge in [-0.1, -0.05) is 18.2 Å². The van der Waals surface area contributed by atoms with Crippen molar-refractivity contribution in [1.29, 1.82) is 0 Å². The fourth-order valence-corrected chi connectivity index (χ4v) is 4.58. The lowest BCUT2D eigenvalue weighted by Gasteiger charge is -2.12. The maximum atomic E-state index is 13.2. The van der Waals surface area contributed by atoms with Crippen molar-refractivity contribution in [2.75, 3.05) is 23.0 Å². The lowest BCUT2D eigenvalue weighted by molar-refractivity contribution is -0.384. The Morgan fingerprint density at radius 1 is 0.800 bits per heavy atom. The lowest BCUT2D eigenvalue weighted by Crippen LogP contribution is -2.30. The second-order valence-corrected chi connectivity index (χ2v) is 10.4. The summed E-state index contributed by atoms with van der Waals surface area (Å²) in [6.45, 7) is 2.00. The maximum absolute atomic E-state index is 13.2. The van der Waals surface area contributed by atoms with Gasteiger partial charge in [0.15, 0.2) is 0 Å². The van der Waals surface area contributed by atoms with Crippen molar-refractivity contribution >= 4 is 58.6 Å². The molecule has 0 heterocycles. The van der Waals surface area contributed by atoms with Gasteiger partial charge in [-0.3, -0.25) is 24.5 Å². The number of nitro benzene ring substituents is 1. The van der Waals surface area contributed by atoms with Gasteiger partial charge in [-0.25, -0.2) is 4.79 Å². The normalized spacial score (nSPS) is 10.8. The van der Waals surface area contributed by atoms with Gasteiger partial charge in [-0.2, -0.15) is 0 Å². The first-order valence-corrected chi connectivity index (χ1v) is 14.6. The van der Waals surface area contributed by atoms with Crippen LogP contribution in [0.15, 0.2) is 114 Å². The zero-order valence-electron chi connectivity index (χ0n) is 24.0. The minimum atomic E-state index is -0.605. The van der Waals surface area contributed by atoms with E-state index in [1.807, 2.05) is 0 Å². The molecule has 12 heteroatoms. The monoisotopic (exact) mass is 624 g/mol. The Morgan fingerprint density at radius 3 is 2.04 bits per heavy atom. The Labute approximate surface area is 262 Å². The molecule has 0 aromatic heterocycles. The Balaban J connectivity index is 1.37. The summed E-state index contributed by atoms with van der Waals surface area (Å²) in [5, 5.41) is 19.1. The highest BCUT2D eigenvalue weighted by Gasteiger charge is 2.16. The van der Waals surface area contributed by atoms with Gasteiger partial charge in [0.1, 0.15) is 5.70 Å². The first-order valence-electron chi connectivity index (χ1n) is 13.7. The summed E-state index contributed by atoms with van der Waals surface area (Å²) in [5.41, 5.74) is 2.03. The van der Waals surface area contributed by atoms with Gasteiger partial charge in [0.2, 0.25) is 5.91 Å². The van der Waals surface area contributed by atoms with E-state index < -0.39 is 22.7 Å². The van der Waals surface area contributed by atoms with Crippen LogP contribution in [0, 0.1) is 10.1 Å². The van der Waals surface area contributed by atoms with E-state index in [1.165, 1.54) is 42.1 Å². The number of ether oxygens (including phenoxy) is 1. The minimum Gasteiger partial charge on any atom is -0.462 e. The zero-order chi connectivity index (χ0) is 32.2. The van der Waals surface area contributed by atoms with Gasteiger partial charge < -0.3 is 20.7 Å². The van der Waals surface area contributed by atoms with E-state index in [2.05, 4.69) is 16.0 Å².